The van der Waals surface area contributed by atoms with Crippen LogP contribution in [0.1, 0.15) is 28.6 Å². The maximum Gasteiger partial charge on any atom is 0.163 e. The van der Waals surface area contributed by atoms with Gasteiger partial charge in [-0.3, -0.25) is 5.84 Å². The quantitative estimate of drug-likeness (QED) is 0.656. The monoisotopic (exact) mass is 264 g/mol. The van der Waals surface area contributed by atoms with E-state index >= 15 is 0 Å². The molecule has 0 amide bonds. The standard InChI is InChI=1S/C13H14F2N4/c1-7-6-10(8(2)19-18-7)13(17-16)9-4-3-5-11(14)12(9)15/h3-6,13,17H,16H2,1-2H3. The second-order valence-corrected chi connectivity index (χ2v) is 4.27. The Balaban J connectivity index is 2.56. The van der Waals surface area contributed by atoms with Gasteiger partial charge in [0.05, 0.1) is 17.4 Å². The normalized spacial score (nSPS) is 12.5. The molecule has 100 valence electrons. The van der Waals surface area contributed by atoms with Crippen LogP contribution in [0, 0.1) is 25.5 Å². The lowest BCUT2D eigenvalue weighted by molar-refractivity contribution is 0.482. The molecule has 0 fully saturated rings. The van der Waals surface area contributed by atoms with Gasteiger partial charge in [0, 0.05) is 5.56 Å². The van der Waals surface area contributed by atoms with Gasteiger partial charge in [0.25, 0.3) is 0 Å². The minimum absolute atomic E-state index is 0.137. The van der Waals surface area contributed by atoms with Crippen molar-refractivity contribution in [2.75, 3.05) is 0 Å². The zero-order valence-corrected chi connectivity index (χ0v) is 10.6. The van der Waals surface area contributed by atoms with Gasteiger partial charge in [-0.2, -0.15) is 10.2 Å². The number of rotatable bonds is 3. The molecule has 3 N–H and O–H groups in total. The summed E-state index contributed by atoms with van der Waals surface area (Å²) in [6.07, 6.45) is 0. The maximum absolute atomic E-state index is 13.9. The smallest absolute Gasteiger partial charge is 0.163 e. The van der Waals surface area contributed by atoms with Crippen LogP contribution in [0.25, 0.3) is 0 Å². The Hall–Kier alpha value is -1.92. The lowest BCUT2D eigenvalue weighted by atomic mass is 9.97. The van der Waals surface area contributed by atoms with Crippen molar-refractivity contribution in [2.45, 2.75) is 19.9 Å². The van der Waals surface area contributed by atoms with E-state index < -0.39 is 17.7 Å². The molecule has 19 heavy (non-hydrogen) atoms. The van der Waals surface area contributed by atoms with Crippen molar-refractivity contribution in [1.29, 1.82) is 0 Å². The topological polar surface area (TPSA) is 63.8 Å². The van der Waals surface area contributed by atoms with Crippen LogP contribution in [0.3, 0.4) is 0 Å². The largest absolute Gasteiger partial charge is 0.271 e. The Kier molecular flexibility index (Phi) is 3.82. The van der Waals surface area contributed by atoms with Crippen LogP contribution in [0.4, 0.5) is 8.78 Å². The van der Waals surface area contributed by atoms with Crippen molar-refractivity contribution >= 4 is 0 Å². The fourth-order valence-corrected chi connectivity index (χ4v) is 1.95. The van der Waals surface area contributed by atoms with E-state index in [1.54, 1.807) is 19.9 Å². The van der Waals surface area contributed by atoms with E-state index in [1.165, 1.54) is 12.1 Å². The lowest BCUT2D eigenvalue weighted by Crippen LogP contribution is -2.30. The van der Waals surface area contributed by atoms with Gasteiger partial charge in [-0.25, -0.2) is 14.2 Å². The molecule has 0 aliphatic rings. The Morgan fingerprint density at radius 3 is 2.58 bits per heavy atom. The first-order valence-corrected chi connectivity index (χ1v) is 5.75. The van der Waals surface area contributed by atoms with Crippen LogP contribution in [0.2, 0.25) is 0 Å². The molecule has 0 aliphatic heterocycles. The van der Waals surface area contributed by atoms with Crippen LogP contribution >= 0.6 is 0 Å². The van der Waals surface area contributed by atoms with Crippen LogP contribution < -0.4 is 11.3 Å². The van der Waals surface area contributed by atoms with Gasteiger partial charge in [0.2, 0.25) is 0 Å². The van der Waals surface area contributed by atoms with Crippen LogP contribution in [-0.4, -0.2) is 10.2 Å². The Morgan fingerprint density at radius 2 is 1.89 bits per heavy atom. The molecule has 1 atom stereocenters. The van der Waals surface area contributed by atoms with Crippen LogP contribution in [0.15, 0.2) is 24.3 Å². The number of aryl methyl sites for hydroxylation is 2. The van der Waals surface area contributed by atoms with Crippen molar-refractivity contribution in [1.82, 2.24) is 15.6 Å². The average Bonchev–Trinajstić information content (AvgIpc) is 2.39. The SMILES string of the molecule is Cc1cc(C(NN)c2cccc(F)c2F)c(C)nn1. The number of hydrogen-bond donors (Lipinski definition) is 2. The molecule has 2 rings (SSSR count). The molecule has 0 radical (unpaired) electrons. The zero-order valence-electron chi connectivity index (χ0n) is 10.6. The third-order valence-corrected chi connectivity index (χ3v) is 2.91. The van der Waals surface area contributed by atoms with Gasteiger partial charge in [-0.05, 0) is 31.5 Å². The summed E-state index contributed by atoms with van der Waals surface area (Å²) in [5.41, 5.74) is 4.59. The molecule has 1 aromatic heterocycles. The highest BCUT2D eigenvalue weighted by atomic mass is 19.2. The average molecular weight is 264 g/mol. The maximum atomic E-state index is 13.9. The summed E-state index contributed by atoms with van der Waals surface area (Å²) >= 11 is 0. The number of hydrazine groups is 1. The lowest BCUT2D eigenvalue weighted by Gasteiger charge is -2.19. The molecule has 1 unspecified atom stereocenters. The van der Waals surface area contributed by atoms with Crippen molar-refractivity contribution in [3.8, 4) is 0 Å². The first-order chi connectivity index (χ1) is 9.04. The van der Waals surface area contributed by atoms with Gasteiger partial charge in [0.1, 0.15) is 0 Å². The second-order valence-electron chi connectivity index (χ2n) is 4.27. The predicted octanol–water partition coefficient (Wildman–Crippen LogP) is 1.92. The molecule has 0 saturated carbocycles. The Morgan fingerprint density at radius 1 is 1.16 bits per heavy atom. The zero-order chi connectivity index (χ0) is 14.0. The van der Waals surface area contributed by atoms with E-state index in [4.69, 9.17) is 5.84 Å². The van der Waals surface area contributed by atoms with Gasteiger partial charge >= 0.3 is 0 Å². The molecule has 0 spiro atoms. The molecular formula is C13H14F2N4. The fourth-order valence-electron chi connectivity index (χ4n) is 1.95. The minimum Gasteiger partial charge on any atom is -0.271 e. The summed E-state index contributed by atoms with van der Waals surface area (Å²) in [4.78, 5) is 0. The summed E-state index contributed by atoms with van der Waals surface area (Å²) in [7, 11) is 0. The molecule has 2 aromatic rings. The first kappa shape index (κ1) is 13.5. The van der Waals surface area contributed by atoms with E-state index in [1.807, 2.05) is 0 Å². The predicted molar refractivity (Wildman–Crippen MR) is 67.0 cm³/mol. The molecule has 4 nitrogen and oxygen atoms in total. The molecule has 1 heterocycles. The summed E-state index contributed by atoms with van der Waals surface area (Å²) < 4.78 is 27.1. The molecule has 0 bridgehead atoms. The van der Waals surface area contributed by atoms with E-state index in [9.17, 15) is 8.78 Å². The second kappa shape index (κ2) is 5.38. The molecule has 6 heteroatoms. The van der Waals surface area contributed by atoms with E-state index in [0.717, 1.165) is 6.07 Å². The number of nitrogens with zero attached hydrogens (tertiary/aromatic N) is 2. The Labute approximate surface area is 109 Å². The van der Waals surface area contributed by atoms with E-state index in [0.29, 0.717) is 17.0 Å². The molecule has 0 aliphatic carbocycles. The summed E-state index contributed by atoms with van der Waals surface area (Å²) in [5.74, 6) is 3.66. The van der Waals surface area contributed by atoms with Gasteiger partial charge in [-0.1, -0.05) is 12.1 Å². The third-order valence-electron chi connectivity index (χ3n) is 2.91. The number of nitrogens with two attached hydrogens (primary N) is 1. The summed E-state index contributed by atoms with van der Waals surface area (Å²) in [6.45, 7) is 3.51. The Bertz CT molecular complexity index is 599. The van der Waals surface area contributed by atoms with E-state index in [2.05, 4.69) is 15.6 Å². The van der Waals surface area contributed by atoms with Crippen LogP contribution in [-0.2, 0) is 0 Å². The molecule has 0 saturated heterocycles. The van der Waals surface area contributed by atoms with E-state index in [-0.39, 0.29) is 5.56 Å². The number of benzene rings is 1. The van der Waals surface area contributed by atoms with Gasteiger partial charge in [0.15, 0.2) is 11.6 Å². The van der Waals surface area contributed by atoms with Crippen molar-refractivity contribution in [3.63, 3.8) is 0 Å². The highest BCUT2D eigenvalue weighted by Gasteiger charge is 2.21. The first-order valence-electron chi connectivity index (χ1n) is 5.75. The van der Waals surface area contributed by atoms with Gasteiger partial charge in [-0.15, -0.1) is 0 Å². The number of hydrogen-bond acceptors (Lipinski definition) is 4. The fraction of sp³-hybridized carbons (Fsp3) is 0.231. The highest BCUT2D eigenvalue weighted by molar-refractivity contribution is 5.35. The van der Waals surface area contributed by atoms with Crippen molar-refractivity contribution in [2.24, 2.45) is 5.84 Å². The van der Waals surface area contributed by atoms with Gasteiger partial charge < -0.3 is 0 Å². The number of nitrogens with one attached hydrogen (secondary N) is 1. The van der Waals surface area contributed by atoms with Crippen LogP contribution in [0.5, 0.6) is 0 Å². The highest BCUT2D eigenvalue weighted by Crippen LogP contribution is 2.26. The number of aromatic nitrogens is 2. The minimum atomic E-state index is -0.917. The number of halogens is 2. The molecular weight excluding hydrogens is 250 g/mol. The summed E-state index contributed by atoms with van der Waals surface area (Å²) in [5, 5.41) is 7.87. The third kappa shape index (κ3) is 2.59. The van der Waals surface area contributed by atoms with Crippen molar-refractivity contribution in [3.05, 3.63) is 58.4 Å². The molecule has 1 aromatic carbocycles. The van der Waals surface area contributed by atoms with Crippen molar-refractivity contribution < 1.29 is 8.78 Å². The summed E-state index contributed by atoms with van der Waals surface area (Å²) in [6, 6.07) is 5.06.